The fourth-order valence-corrected chi connectivity index (χ4v) is 9.52. The van der Waals surface area contributed by atoms with Crippen LogP contribution in [0.25, 0.3) is 0 Å². The van der Waals surface area contributed by atoms with Gasteiger partial charge in [-0.05, 0) is 93.9 Å². The van der Waals surface area contributed by atoms with Crippen LogP contribution < -0.4 is 0 Å². The first-order chi connectivity index (χ1) is 27.9. The van der Waals surface area contributed by atoms with Gasteiger partial charge in [0.25, 0.3) is 0 Å². The fraction of sp³-hybridized carbons (Fsp3) is 0.702. The number of ether oxygens (including phenoxy) is 4. The lowest BCUT2D eigenvalue weighted by molar-refractivity contribution is -0.157. The van der Waals surface area contributed by atoms with Gasteiger partial charge in [-0.1, -0.05) is 89.6 Å². The van der Waals surface area contributed by atoms with Crippen LogP contribution in [0.1, 0.15) is 107 Å². The summed E-state index contributed by atoms with van der Waals surface area (Å²) in [6.45, 7) is 24.4. The molecule has 3 rings (SSSR count). The Morgan fingerprint density at radius 3 is 2.35 bits per heavy atom. The number of carbonyl (C=O) groups is 2. The van der Waals surface area contributed by atoms with E-state index >= 15 is 0 Å². The molecule has 2 aliphatic heterocycles. The molecule has 60 heavy (non-hydrogen) atoms. The Hall–Kier alpha value is -2.39. The van der Waals surface area contributed by atoms with E-state index in [9.17, 15) is 24.9 Å². The SMILES string of the molecule is CC[C@H](OC)[C@@H](C)C1O[C@@H]1C(N(CCCO)Cc1ccc(Cl)cc1)C(C)(O)C=CC=C(C)[C@H]1OC(=O)C[C@H](O[Si](C)(C)C(C)(C)C)CC[C@@](C)(O)[C@@H](OC(C)=O)C=C[C@@H]1C. The molecule has 3 unspecified atom stereocenters. The number of halogens is 1. The van der Waals surface area contributed by atoms with Crippen molar-refractivity contribution in [3.05, 3.63) is 70.8 Å². The van der Waals surface area contributed by atoms with Crippen LogP contribution in [0.2, 0.25) is 23.2 Å². The molecule has 3 N–H and O–H groups in total. The number of esters is 2. The van der Waals surface area contributed by atoms with Crippen molar-refractivity contribution in [2.75, 3.05) is 20.3 Å². The van der Waals surface area contributed by atoms with E-state index in [-0.39, 0.29) is 54.6 Å². The quantitative estimate of drug-likeness (QED) is 0.0430. The summed E-state index contributed by atoms with van der Waals surface area (Å²) in [5.41, 5.74) is -1.12. The highest BCUT2D eigenvalue weighted by Crippen LogP contribution is 2.42. The van der Waals surface area contributed by atoms with E-state index < -0.39 is 55.8 Å². The monoisotopic (exact) mass is 877 g/mol. The van der Waals surface area contributed by atoms with Crippen molar-refractivity contribution < 1.29 is 48.3 Å². The Labute approximate surface area is 366 Å². The first kappa shape index (κ1) is 52.0. The molecule has 1 aromatic rings. The lowest BCUT2D eigenvalue weighted by atomic mass is 9.85. The average Bonchev–Trinajstić information content (AvgIpc) is 3.93. The molecule has 1 fully saturated rings. The van der Waals surface area contributed by atoms with E-state index in [2.05, 4.69) is 52.6 Å². The molecule has 11 nitrogen and oxygen atoms in total. The molecule has 11 atom stereocenters. The number of hydrogen-bond donors (Lipinski definition) is 3. The molecule has 1 saturated heterocycles. The van der Waals surface area contributed by atoms with Crippen LogP contribution in [-0.4, -0.2) is 115 Å². The number of carbonyl (C=O) groups excluding carboxylic acids is 2. The number of hydrogen-bond acceptors (Lipinski definition) is 11. The van der Waals surface area contributed by atoms with Crippen LogP contribution in [-0.2, 0) is 39.5 Å². The predicted molar refractivity (Wildman–Crippen MR) is 240 cm³/mol. The molecule has 340 valence electrons. The molecule has 0 bridgehead atoms. The minimum absolute atomic E-state index is 0.00645. The number of epoxide rings is 1. The first-order valence-corrected chi connectivity index (χ1v) is 25.0. The summed E-state index contributed by atoms with van der Waals surface area (Å²) in [5.74, 6) is -1.25. The summed E-state index contributed by atoms with van der Waals surface area (Å²) in [6.07, 6.45) is 8.11. The molecular weight excluding hydrogens is 802 g/mol. The third kappa shape index (κ3) is 14.9. The summed E-state index contributed by atoms with van der Waals surface area (Å²) in [6, 6.07) is 7.11. The average molecular weight is 879 g/mol. The van der Waals surface area contributed by atoms with Crippen LogP contribution in [0.5, 0.6) is 0 Å². The van der Waals surface area contributed by atoms with Crippen LogP contribution in [0, 0.1) is 11.8 Å². The molecule has 1 aromatic carbocycles. The largest absolute Gasteiger partial charge is 0.457 e. The van der Waals surface area contributed by atoms with Crippen LogP contribution in [0.3, 0.4) is 0 Å². The Balaban J connectivity index is 2.04. The maximum Gasteiger partial charge on any atom is 0.308 e. The van der Waals surface area contributed by atoms with E-state index in [1.165, 1.54) is 6.92 Å². The lowest BCUT2D eigenvalue weighted by Crippen LogP contribution is -2.54. The summed E-state index contributed by atoms with van der Waals surface area (Å²) in [4.78, 5) is 28.2. The van der Waals surface area contributed by atoms with Gasteiger partial charge in [0, 0.05) is 50.6 Å². The molecule has 0 aromatic heterocycles. The molecule has 2 heterocycles. The minimum Gasteiger partial charge on any atom is -0.457 e. The predicted octanol–water partition coefficient (Wildman–Crippen LogP) is 8.34. The van der Waals surface area contributed by atoms with Crippen LogP contribution >= 0.6 is 11.6 Å². The van der Waals surface area contributed by atoms with Crippen molar-refractivity contribution in [3.63, 3.8) is 0 Å². The second kappa shape index (κ2) is 22.3. The van der Waals surface area contributed by atoms with E-state index in [0.717, 1.165) is 17.6 Å². The van der Waals surface area contributed by atoms with Crippen molar-refractivity contribution in [2.24, 2.45) is 11.8 Å². The summed E-state index contributed by atoms with van der Waals surface area (Å²) < 4.78 is 30.8. The third-order valence-corrected chi connectivity index (χ3v) is 17.5. The molecule has 0 amide bonds. The van der Waals surface area contributed by atoms with Gasteiger partial charge in [0.1, 0.15) is 23.9 Å². The Bertz CT molecular complexity index is 1620. The minimum atomic E-state index is -2.33. The normalized spacial score (nSPS) is 28.6. The maximum absolute atomic E-state index is 13.8. The highest BCUT2D eigenvalue weighted by Gasteiger charge is 2.56. The zero-order valence-corrected chi connectivity index (χ0v) is 40.3. The number of nitrogens with zero attached hydrogens (tertiary/aromatic N) is 1. The Kier molecular flexibility index (Phi) is 19.3. The topological polar surface area (TPSA) is 148 Å². The Morgan fingerprint density at radius 1 is 1.13 bits per heavy atom. The third-order valence-electron chi connectivity index (χ3n) is 12.7. The highest BCUT2D eigenvalue weighted by atomic mass is 35.5. The van der Waals surface area contributed by atoms with Gasteiger partial charge in [0.2, 0.25) is 0 Å². The zero-order chi connectivity index (χ0) is 45.2. The van der Waals surface area contributed by atoms with Gasteiger partial charge in [-0.25, -0.2) is 0 Å². The number of methoxy groups -OCH3 is 1. The van der Waals surface area contributed by atoms with Crippen molar-refractivity contribution in [2.45, 2.75) is 180 Å². The molecule has 0 aliphatic carbocycles. The number of rotatable bonds is 18. The number of benzene rings is 1. The van der Waals surface area contributed by atoms with Crippen molar-refractivity contribution in [3.8, 4) is 0 Å². The van der Waals surface area contributed by atoms with Crippen molar-refractivity contribution in [1.82, 2.24) is 4.90 Å². The van der Waals surface area contributed by atoms with Gasteiger partial charge in [-0.2, -0.15) is 0 Å². The standard InChI is InChI=1S/C47H76ClNO10Si/c1-14-38(55-11)33(4)42-43(58-42)44(49(27-16-28-50)30-35-19-21-36(48)22-20-35)47(10,54)25-15-17-31(2)41-32(3)18-23-39(56-34(5)51)46(9,53)26-24-37(29-40(52)57-41)59-60(12,13)45(6,7)8/h15,17-23,25,32-33,37-39,41-44,50,53-54H,14,16,24,26-30H2,1-13H3/t32-,33+,37+,38-,39-,41+,42?,43-,44?,46+,47?/m0/s1. The summed E-state index contributed by atoms with van der Waals surface area (Å²) in [5, 5.41) is 34.6. The van der Waals surface area contributed by atoms with Crippen molar-refractivity contribution in [1.29, 1.82) is 0 Å². The molecule has 0 radical (unpaired) electrons. The van der Waals surface area contributed by atoms with E-state index in [1.807, 2.05) is 50.3 Å². The maximum atomic E-state index is 13.8. The summed E-state index contributed by atoms with van der Waals surface area (Å²) in [7, 11) is -0.624. The fourth-order valence-electron chi connectivity index (χ4n) is 8.00. The number of allylic oxidation sites excluding steroid dienone is 2. The number of aliphatic hydroxyl groups excluding tert-OH is 1. The van der Waals surface area contributed by atoms with E-state index in [1.54, 1.807) is 39.2 Å². The van der Waals surface area contributed by atoms with Crippen molar-refractivity contribution >= 4 is 31.9 Å². The van der Waals surface area contributed by atoms with E-state index in [0.29, 0.717) is 31.0 Å². The van der Waals surface area contributed by atoms with Gasteiger partial charge in [-0.15, -0.1) is 0 Å². The van der Waals surface area contributed by atoms with Gasteiger partial charge >= 0.3 is 11.9 Å². The van der Waals surface area contributed by atoms with Crippen LogP contribution in [0.15, 0.2) is 60.2 Å². The number of aliphatic hydroxyl groups is 3. The molecule has 0 spiro atoms. The summed E-state index contributed by atoms with van der Waals surface area (Å²) >= 11 is 6.22. The molecular formula is C47H76ClNO10Si. The van der Waals surface area contributed by atoms with E-state index in [4.69, 9.17) is 35.0 Å². The van der Waals surface area contributed by atoms with Gasteiger partial charge < -0.3 is 38.7 Å². The number of cyclic esters (lactones) is 1. The lowest BCUT2D eigenvalue weighted by Gasteiger charge is -2.40. The van der Waals surface area contributed by atoms with Gasteiger partial charge in [-0.3, -0.25) is 14.5 Å². The van der Waals surface area contributed by atoms with Gasteiger partial charge in [0.05, 0.1) is 36.4 Å². The highest BCUT2D eigenvalue weighted by molar-refractivity contribution is 6.74. The van der Waals surface area contributed by atoms with Crippen LogP contribution in [0.4, 0.5) is 0 Å². The molecule has 2 aliphatic rings. The molecule has 0 saturated carbocycles. The van der Waals surface area contributed by atoms with Gasteiger partial charge in [0.15, 0.2) is 8.32 Å². The second-order valence-electron chi connectivity index (χ2n) is 19.0. The first-order valence-electron chi connectivity index (χ1n) is 21.7. The zero-order valence-electron chi connectivity index (χ0n) is 38.6. The second-order valence-corrected chi connectivity index (χ2v) is 24.2. The Morgan fingerprint density at radius 2 is 1.78 bits per heavy atom. The smallest absolute Gasteiger partial charge is 0.308 e. The molecule has 13 heteroatoms.